The van der Waals surface area contributed by atoms with Gasteiger partial charge in [0, 0.05) is 6.61 Å². The van der Waals surface area contributed by atoms with Crippen molar-refractivity contribution in [2.45, 2.75) is 51.6 Å². The molecule has 0 N–H and O–H groups in total. The predicted octanol–water partition coefficient (Wildman–Crippen LogP) is 2.96. The van der Waals surface area contributed by atoms with Gasteiger partial charge in [-0.3, -0.25) is 0 Å². The molecule has 0 atom stereocenters. The molecule has 72 valence electrons. The summed E-state index contributed by atoms with van der Waals surface area (Å²) in [4.78, 5) is 0. The van der Waals surface area contributed by atoms with Crippen LogP contribution in [0.25, 0.3) is 0 Å². The van der Waals surface area contributed by atoms with Gasteiger partial charge in [0.05, 0.1) is 0 Å². The Morgan fingerprint density at radius 3 is 2.42 bits per heavy atom. The van der Waals surface area contributed by atoms with E-state index in [0.29, 0.717) is 0 Å². The Kier molecular flexibility index (Phi) is 4.92. The lowest BCUT2D eigenvalue weighted by molar-refractivity contribution is 0.284. The Balaban J connectivity index is 1.98. The second-order valence-corrected chi connectivity index (χ2v) is 7.05. The molecule has 1 rings (SSSR count). The van der Waals surface area contributed by atoms with Crippen LogP contribution in [0.15, 0.2) is 0 Å². The second kappa shape index (κ2) is 5.76. The summed E-state index contributed by atoms with van der Waals surface area (Å²) in [6.07, 6.45) is 5.59. The fourth-order valence-electron chi connectivity index (χ4n) is 1.70. The summed E-state index contributed by atoms with van der Waals surface area (Å²) in [7, 11) is -0.685. The molecule has 1 fully saturated rings. The molecule has 1 heterocycles. The van der Waals surface area contributed by atoms with Crippen LogP contribution >= 0.6 is 0 Å². The fourth-order valence-corrected chi connectivity index (χ4v) is 4.28. The van der Waals surface area contributed by atoms with Gasteiger partial charge in [-0.15, -0.1) is 0 Å². The number of hydrogen-bond acceptors (Lipinski definition) is 1. The van der Waals surface area contributed by atoms with Crippen molar-refractivity contribution >= 4 is 9.04 Å². The molecule has 0 aromatic heterocycles. The molecule has 0 spiro atoms. The first-order valence-corrected chi connectivity index (χ1v) is 7.51. The van der Waals surface area contributed by atoms with Crippen molar-refractivity contribution in [2.75, 3.05) is 6.61 Å². The normalized spacial score (nSPS) is 20.2. The highest BCUT2D eigenvalue weighted by Crippen LogP contribution is 2.19. The van der Waals surface area contributed by atoms with Crippen LogP contribution in [0, 0.1) is 5.92 Å². The quantitative estimate of drug-likeness (QED) is 0.613. The van der Waals surface area contributed by atoms with E-state index in [9.17, 15) is 0 Å². The van der Waals surface area contributed by atoms with Crippen LogP contribution in [0.5, 0.6) is 0 Å². The van der Waals surface area contributed by atoms with Gasteiger partial charge in [-0.05, 0) is 24.4 Å². The third kappa shape index (κ3) is 4.26. The minimum atomic E-state index is -0.685. The first-order chi connectivity index (χ1) is 5.79. The van der Waals surface area contributed by atoms with Crippen molar-refractivity contribution in [3.63, 3.8) is 0 Å². The lowest BCUT2D eigenvalue weighted by Crippen LogP contribution is -2.21. The maximum absolute atomic E-state index is 5.93. The molecule has 1 aliphatic heterocycles. The van der Waals surface area contributed by atoms with Crippen molar-refractivity contribution in [2.24, 2.45) is 5.92 Å². The zero-order valence-corrected chi connectivity index (χ0v) is 9.67. The molecule has 2 heteroatoms. The number of hydrogen-bond donors (Lipinski definition) is 0. The van der Waals surface area contributed by atoms with Crippen molar-refractivity contribution in [1.82, 2.24) is 0 Å². The minimum absolute atomic E-state index is 0.685. The minimum Gasteiger partial charge on any atom is -0.420 e. The predicted molar refractivity (Wildman–Crippen MR) is 56.0 cm³/mol. The molecule has 12 heavy (non-hydrogen) atoms. The largest absolute Gasteiger partial charge is 0.420 e. The molecule has 1 nitrogen and oxygen atoms in total. The average Bonchev–Trinajstić information content (AvgIpc) is 2.05. The molecule has 1 saturated heterocycles. The standard InChI is InChI=1S/C10H22OSi/c1-10(2)6-7-11-12-8-4-3-5-9-12/h10,12H,3-9H2,1-2H3. The summed E-state index contributed by atoms with van der Waals surface area (Å²) in [5.41, 5.74) is 0. The summed E-state index contributed by atoms with van der Waals surface area (Å²) in [6.45, 7) is 5.58. The SMILES string of the molecule is CC(C)CCO[SiH]1CCCCC1. The van der Waals surface area contributed by atoms with Crippen molar-refractivity contribution in [3.05, 3.63) is 0 Å². The molecule has 0 unspecified atom stereocenters. The Bertz CT molecular complexity index is 108. The van der Waals surface area contributed by atoms with E-state index in [1.165, 1.54) is 37.8 Å². The maximum Gasteiger partial charge on any atom is 0.176 e. The van der Waals surface area contributed by atoms with Gasteiger partial charge in [-0.1, -0.05) is 33.1 Å². The molecule has 0 saturated carbocycles. The van der Waals surface area contributed by atoms with E-state index < -0.39 is 9.04 Å². The highest BCUT2D eigenvalue weighted by atomic mass is 28.3. The van der Waals surface area contributed by atoms with Crippen LogP contribution in [-0.4, -0.2) is 15.6 Å². The first kappa shape index (κ1) is 10.3. The molecular formula is C10H22OSi. The monoisotopic (exact) mass is 186 g/mol. The van der Waals surface area contributed by atoms with Gasteiger partial charge < -0.3 is 4.43 Å². The summed E-state index contributed by atoms with van der Waals surface area (Å²) < 4.78 is 5.93. The van der Waals surface area contributed by atoms with Gasteiger partial charge in [0.15, 0.2) is 9.04 Å². The average molecular weight is 186 g/mol. The topological polar surface area (TPSA) is 9.23 Å². The summed E-state index contributed by atoms with van der Waals surface area (Å²) in [5, 5.41) is 0. The Morgan fingerprint density at radius 2 is 1.83 bits per heavy atom. The van der Waals surface area contributed by atoms with Crippen molar-refractivity contribution in [1.29, 1.82) is 0 Å². The second-order valence-electron chi connectivity index (χ2n) is 4.31. The third-order valence-corrected chi connectivity index (χ3v) is 5.41. The molecule has 0 aliphatic carbocycles. The Hall–Kier alpha value is 0.177. The Morgan fingerprint density at radius 1 is 1.17 bits per heavy atom. The number of rotatable bonds is 4. The van der Waals surface area contributed by atoms with Crippen LogP contribution in [0.2, 0.25) is 12.1 Å². The van der Waals surface area contributed by atoms with Gasteiger partial charge in [0.1, 0.15) is 0 Å². The smallest absolute Gasteiger partial charge is 0.176 e. The summed E-state index contributed by atoms with van der Waals surface area (Å²) in [6, 6.07) is 2.89. The van der Waals surface area contributed by atoms with Gasteiger partial charge in [-0.2, -0.15) is 0 Å². The molecule has 0 bridgehead atoms. The van der Waals surface area contributed by atoms with E-state index in [1.807, 2.05) is 0 Å². The van der Waals surface area contributed by atoms with Gasteiger partial charge >= 0.3 is 0 Å². The summed E-state index contributed by atoms with van der Waals surface area (Å²) >= 11 is 0. The highest BCUT2D eigenvalue weighted by Gasteiger charge is 2.15. The van der Waals surface area contributed by atoms with Crippen LogP contribution in [-0.2, 0) is 4.43 Å². The van der Waals surface area contributed by atoms with E-state index in [2.05, 4.69) is 13.8 Å². The van der Waals surface area contributed by atoms with Crippen LogP contribution in [0.4, 0.5) is 0 Å². The van der Waals surface area contributed by atoms with E-state index in [1.54, 1.807) is 0 Å². The lowest BCUT2D eigenvalue weighted by atomic mass is 10.2. The highest BCUT2D eigenvalue weighted by molar-refractivity contribution is 6.52. The molecule has 0 aromatic rings. The Labute approximate surface area is 78.2 Å². The molecular weight excluding hydrogens is 164 g/mol. The third-order valence-electron chi connectivity index (χ3n) is 2.60. The van der Waals surface area contributed by atoms with Gasteiger partial charge in [-0.25, -0.2) is 0 Å². The van der Waals surface area contributed by atoms with E-state index in [4.69, 9.17) is 4.43 Å². The molecule has 0 aromatic carbocycles. The summed E-state index contributed by atoms with van der Waals surface area (Å²) in [5.74, 6) is 0.808. The molecule has 0 radical (unpaired) electrons. The fraction of sp³-hybridized carbons (Fsp3) is 1.00. The molecule has 1 aliphatic rings. The van der Waals surface area contributed by atoms with Crippen LogP contribution < -0.4 is 0 Å². The van der Waals surface area contributed by atoms with E-state index in [-0.39, 0.29) is 0 Å². The van der Waals surface area contributed by atoms with Crippen LogP contribution in [0.1, 0.15) is 39.5 Å². The zero-order chi connectivity index (χ0) is 8.81. The van der Waals surface area contributed by atoms with Crippen molar-refractivity contribution < 1.29 is 4.43 Å². The van der Waals surface area contributed by atoms with Crippen molar-refractivity contribution in [3.8, 4) is 0 Å². The maximum atomic E-state index is 5.93. The van der Waals surface area contributed by atoms with E-state index in [0.717, 1.165) is 12.5 Å². The van der Waals surface area contributed by atoms with Gasteiger partial charge in [0.25, 0.3) is 0 Å². The lowest BCUT2D eigenvalue weighted by Gasteiger charge is -2.20. The van der Waals surface area contributed by atoms with E-state index >= 15 is 0 Å². The zero-order valence-electron chi connectivity index (χ0n) is 8.51. The van der Waals surface area contributed by atoms with Gasteiger partial charge in [0.2, 0.25) is 0 Å². The molecule has 0 amide bonds. The van der Waals surface area contributed by atoms with Crippen LogP contribution in [0.3, 0.4) is 0 Å². The first-order valence-electron chi connectivity index (χ1n) is 5.40.